The standard InChI is InChI=1S/C23H29NO3/c1-3-24-17-19-11-12-22(21-13-15-27-23(19)21)26-14-6-4-5-8-18-9-7-10-20(16-18)25-2/h7,9-13,15-16,24H,3-6,8,14,17H2,1-2H3. The van der Waals surface area contributed by atoms with Crippen LogP contribution in [-0.2, 0) is 13.0 Å². The first kappa shape index (κ1) is 19.3. The van der Waals surface area contributed by atoms with E-state index >= 15 is 0 Å². The van der Waals surface area contributed by atoms with Gasteiger partial charge in [0.2, 0.25) is 0 Å². The maximum absolute atomic E-state index is 6.03. The molecular weight excluding hydrogens is 338 g/mol. The van der Waals surface area contributed by atoms with Gasteiger partial charge in [-0.1, -0.05) is 25.1 Å². The summed E-state index contributed by atoms with van der Waals surface area (Å²) < 4.78 is 17.0. The third-order valence-electron chi connectivity index (χ3n) is 4.73. The molecule has 0 fully saturated rings. The van der Waals surface area contributed by atoms with Crippen molar-refractivity contribution in [1.29, 1.82) is 0 Å². The van der Waals surface area contributed by atoms with E-state index < -0.39 is 0 Å². The SMILES string of the molecule is CCNCc1ccc(OCCCCCc2cccc(OC)c2)c2ccoc12. The number of unbranched alkanes of at least 4 members (excludes halogenated alkanes) is 2. The molecule has 3 aromatic rings. The summed E-state index contributed by atoms with van der Waals surface area (Å²) in [6.07, 6.45) is 6.15. The third kappa shape index (κ3) is 5.27. The summed E-state index contributed by atoms with van der Waals surface area (Å²) in [6.45, 7) is 4.58. The van der Waals surface area contributed by atoms with E-state index in [1.807, 2.05) is 18.2 Å². The quantitative estimate of drug-likeness (QED) is 0.464. The minimum absolute atomic E-state index is 0.727. The molecule has 0 spiro atoms. The fourth-order valence-electron chi connectivity index (χ4n) is 3.24. The zero-order valence-electron chi connectivity index (χ0n) is 16.3. The molecule has 4 heteroatoms. The van der Waals surface area contributed by atoms with Gasteiger partial charge in [-0.15, -0.1) is 0 Å². The number of benzene rings is 2. The van der Waals surface area contributed by atoms with E-state index in [0.29, 0.717) is 0 Å². The summed E-state index contributed by atoms with van der Waals surface area (Å²) in [5.41, 5.74) is 3.42. The van der Waals surface area contributed by atoms with Gasteiger partial charge in [0, 0.05) is 12.1 Å². The lowest BCUT2D eigenvalue weighted by Crippen LogP contribution is -2.11. The summed E-state index contributed by atoms with van der Waals surface area (Å²) in [6, 6.07) is 14.4. The van der Waals surface area contributed by atoms with Crippen LogP contribution in [0.3, 0.4) is 0 Å². The Hall–Kier alpha value is -2.46. The normalized spacial score (nSPS) is 11.0. The number of rotatable bonds is 11. The first-order chi connectivity index (χ1) is 13.3. The molecule has 2 aromatic carbocycles. The number of hydrogen-bond acceptors (Lipinski definition) is 4. The Kier molecular flexibility index (Phi) is 7.17. The Morgan fingerprint density at radius 3 is 2.81 bits per heavy atom. The molecule has 1 aromatic heterocycles. The van der Waals surface area contributed by atoms with Crippen LogP contribution in [0.1, 0.15) is 37.3 Å². The van der Waals surface area contributed by atoms with E-state index in [1.165, 1.54) is 11.1 Å². The Balaban J connectivity index is 1.44. The predicted octanol–water partition coefficient (Wildman–Crippen LogP) is 5.34. The zero-order chi connectivity index (χ0) is 18.9. The molecule has 0 bridgehead atoms. The van der Waals surface area contributed by atoms with Gasteiger partial charge in [0.05, 0.1) is 25.4 Å². The summed E-state index contributed by atoms with van der Waals surface area (Å²) >= 11 is 0. The zero-order valence-corrected chi connectivity index (χ0v) is 16.3. The lowest BCUT2D eigenvalue weighted by Gasteiger charge is -2.10. The van der Waals surface area contributed by atoms with E-state index in [2.05, 4.69) is 36.5 Å². The van der Waals surface area contributed by atoms with Crippen molar-refractivity contribution in [3.05, 3.63) is 59.9 Å². The summed E-state index contributed by atoms with van der Waals surface area (Å²) in [5.74, 6) is 1.84. The maximum atomic E-state index is 6.03. The second-order valence-electron chi connectivity index (χ2n) is 6.68. The Morgan fingerprint density at radius 1 is 1.04 bits per heavy atom. The van der Waals surface area contributed by atoms with Gasteiger partial charge in [-0.2, -0.15) is 0 Å². The van der Waals surface area contributed by atoms with Crippen LogP contribution in [0.5, 0.6) is 11.5 Å². The van der Waals surface area contributed by atoms with Crippen molar-refractivity contribution in [1.82, 2.24) is 5.32 Å². The molecular formula is C23H29NO3. The molecule has 0 saturated heterocycles. The monoisotopic (exact) mass is 367 g/mol. The fraction of sp³-hybridized carbons (Fsp3) is 0.391. The van der Waals surface area contributed by atoms with E-state index in [0.717, 1.165) is 67.8 Å². The molecule has 0 saturated carbocycles. The lowest BCUT2D eigenvalue weighted by molar-refractivity contribution is 0.308. The summed E-state index contributed by atoms with van der Waals surface area (Å²) in [7, 11) is 1.71. The van der Waals surface area contributed by atoms with E-state index in [4.69, 9.17) is 13.9 Å². The largest absolute Gasteiger partial charge is 0.497 e. The minimum Gasteiger partial charge on any atom is -0.497 e. The molecule has 0 aliphatic rings. The molecule has 0 radical (unpaired) electrons. The van der Waals surface area contributed by atoms with Crippen molar-refractivity contribution in [3.8, 4) is 11.5 Å². The van der Waals surface area contributed by atoms with Crippen LogP contribution in [-0.4, -0.2) is 20.3 Å². The highest BCUT2D eigenvalue weighted by Gasteiger charge is 2.09. The minimum atomic E-state index is 0.727. The number of nitrogens with one attached hydrogen (secondary N) is 1. The average molecular weight is 367 g/mol. The predicted molar refractivity (Wildman–Crippen MR) is 110 cm³/mol. The number of furan rings is 1. The smallest absolute Gasteiger partial charge is 0.142 e. The van der Waals surface area contributed by atoms with Gasteiger partial charge < -0.3 is 19.2 Å². The maximum Gasteiger partial charge on any atom is 0.142 e. The third-order valence-corrected chi connectivity index (χ3v) is 4.73. The molecule has 27 heavy (non-hydrogen) atoms. The van der Waals surface area contributed by atoms with Crippen LogP contribution >= 0.6 is 0 Å². The molecule has 144 valence electrons. The molecule has 3 rings (SSSR count). The Morgan fingerprint density at radius 2 is 1.96 bits per heavy atom. The lowest BCUT2D eigenvalue weighted by atomic mass is 10.1. The van der Waals surface area contributed by atoms with Crippen LogP contribution < -0.4 is 14.8 Å². The summed E-state index contributed by atoms with van der Waals surface area (Å²) in [5, 5.41) is 4.40. The number of aryl methyl sites for hydroxylation is 1. The number of hydrogen-bond donors (Lipinski definition) is 1. The number of fused-ring (bicyclic) bond motifs is 1. The van der Waals surface area contributed by atoms with Crippen molar-refractivity contribution >= 4 is 11.0 Å². The molecule has 1 heterocycles. The highest BCUT2D eigenvalue weighted by molar-refractivity contribution is 5.86. The number of methoxy groups -OCH3 is 1. The van der Waals surface area contributed by atoms with Crippen LogP contribution in [0.2, 0.25) is 0 Å². The van der Waals surface area contributed by atoms with Crippen LogP contribution in [0.25, 0.3) is 11.0 Å². The molecule has 1 N–H and O–H groups in total. The Bertz CT molecular complexity index is 841. The van der Waals surface area contributed by atoms with Gasteiger partial charge in [0.15, 0.2) is 0 Å². The van der Waals surface area contributed by atoms with Crippen molar-refractivity contribution < 1.29 is 13.9 Å². The number of ether oxygens (including phenoxy) is 2. The molecule has 0 atom stereocenters. The fourth-order valence-corrected chi connectivity index (χ4v) is 3.24. The van der Waals surface area contributed by atoms with Gasteiger partial charge in [-0.3, -0.25) is 0 Å². The molecule has 0 aliphatic heterocycles. The van der Waals surface area contributed by atoms with Gasteiger partial charge in [0.25, 0.3) is 0 Å². The van der Waals surface area contributed by atoms with Crippen LogP contribution in [0, 0.1) is 0 Å². The van der Waals surface area contributed by atoms with Gasteiger partial charge in [-0.25, -0.2) is 0 Å². The van der Waals surface area contributed by atoms with E-state index in [-0.39, 0.29) is 0 Å². The van der Waals surface area contributed by atoms with Gasteiger partial charge >= 0.3 is 0 Å². The first-order valence-corrected chi connectivity index (χ1v) is 9.77. The highest BCUT2D eigenvalue weighted by atomic mass is 16.5. The van der Waals surface area contributed by atoms with Gasteiger partial charge in [-0.05, 0) is 62.1 Å². The highest BCUT2D eigenvalue weighted by Crippen LogP contribution is 2.30. The Labute approximate surface area is 161 Å². The van der Waals surface area contributed by atoms with Gasteiger partial charge in [0.1, 0.15) is 17.1 Å². The topological polar surface area (TPSA) is 43.6 Å². The molecule has 0 unspecified atom stereocenters. The second-order valence-corrected chi connectivity index (χ2v) is 6.68. The van der Waals surface area contributed by atoms with Crippen molar-refractivity contribution in [2.75, 3.05) is 20.3 Å². The van der Waals surface area contributed by atoms with Crippen molar-refractivity contribution in [3.63, 3.8) is 0 Å². The van der Waals surface area contributed by atoms with E-state index in [1.54, 1.807) is 13.4 Å². The molecule has 0 aliphatic carbocycles. The summed E-state index contributed by atoms with van der Waals surface area (Å²) in [4.78, 5) is 0. The molecule has 4 nitrogen and oxygen atoms in total. The first-order valence-electron chi connectivity index (χ1n) is 9.77. The second kappa shape index (κ2) is 10.0. The average Bonchev–Trinajstić information content (AvgIpc) is 3.20. The van der Waals surface area contributed by atoms with Crippen LogP contribution in [0.4, 0.5) is 0 Å². The van der Waals surface area contributed by atoms with Crippen LogP contribution in [0.15, 0.2) is 53.1 Å². The van der Waals surface area contributed by atoms with E-state index in [9.17, 15) is 0 Å². The molecule has 0 amide bonds. The van der Waals surface area contributed by atoms with Crippen molar-refractivity contribution in [2.24, 2.45) is 0 Å². The van der Waals surface area contributed by atoms with Crippen molar-refractivity contribution in [2.45, 2.75) is 39.2 Å².